The fourth-order valence-corrected chi connectivity index (χ4v) is 3.13. The fraction of sp³-hybridized carbons (Fsp3) is 0.143. The zero-order valence-electron chi connectivity index (χ0n) is 14.9. The molecule has 0 unspecified atom stereocenters. The molecule has 0 aliphatic heterocycles. The van der Waals surface area contributed by atoms with Crippen molar-refractivity contribution in [1.29, 1.82) is 0 Å². The smallest absolute Gasteiger partial charge is 0.256 e. The van der Waals surface area contributed by atoms with Crippen LogP contribution in [0.4, 0.5) is 5.69 Å². The SMILES string of the molecule is CN(CCOc1ccccc1)C(=O)c1ccccc1NC(=O)c1ccsc1. The van der Waals surface area contributed by atoms with E-state index in [1.54, 1.807) is 47.7 Å². The number of benzene rings is 2. The molecule has 5 nitrogen and oxygen atoms in total. The number of nitrogens with one attached hydrogen (secondary N) is 1. The zero-order valence-corrected chi connectivity index (χ0v) is 15.7. The van der Waals surface area contributed by atoms with Crippen LogP contribution in [0.5, 0.6) is 5.75 Å². The highest BCUT2D eigenvalue weighted by molar-refractivity contribution is 7.08. The first kappa shape index (κ1) is 18.7. The molecule has 138 valence electrons. The largest absolute Gasteiger partial charge is 0.492 e. The minimum absolute atomic E-state index is 0.173. The maximum atomic E-state index is 12.8. The number of likely N-dealkylation sites (N-methyl/N-ethyl adjacent to an activating group) is 1. The molecule has 0 saturated heterocycles. The summed E-state index contributed by atoms with van der Waals surface area (Å²) in [6, 6.07) is 18.2. The Hall–Kier alpha value is -3.12. The van der Waals surface area contributed by atoms with E-state index >= 15 is 0 Å². The average molecular weight is 380 g/mol. The highest BCUT2D eigenvalue weighted by atomic mass is 32.1. The lowest BCUT2D eigenvalue weighted by Gasteiger charge is -2.19. The van der Waals surface area contributed by atoms with Gasteiger partial charge in [-0.1, -0.05) is 30.3 Å². The zero-order chi connectivity index (χ0) is 19.1. The van der Waals surface area contributed by atoms with Gasteiger partial charge in [0.05, 0.1) is 23.4 Å². The normalized spacial score (nSPS) is 10.3. The van der Waals surface area contributed by atoms with E-state index in [9.17, 15) is 9.59 Å². The van der Waals surface area contributed by atoms with Gasteiger partial charge in [-0.25, -0.2) is 0 Å². The Bertz CT molecular complexity index is 895. The highest BCUT2D eigenvalue weighted by Crippen LogP contribution is 2.19. The number of anilines is 1. The van der Waals surface area contributed by atoms with Crippen LogP contribution in [0.2, 0.25) is 0 Å². The summed E-state index contributed by atoms with van der Waals surface area (Å²) in [4.78, 5) is 26.7. The molecule has 2 aromatic carbocycles. The van der Waals surface area contributed by atoms with Gasteiger partial charge in [-0.2, -0.15) is 11.3 Å². The number of nitrogens with zero attached hydrogens (tertiary/aromatic N) is 1. The Morgan fingerprint density at radius 2 is 1.78 bits per heavy atom. The Morgan fingerprint density at radius 3 is 2.52 bits per heavy atom. The summed E-state index contributed by atoms with van der Waals surface area (Å²) < 4.78 is 5.64. The van der Waals surface area contributed by atoms with E-state index in [-0.39, 0.29) is 11.8 Å². The standard InChI is InChI=1S/C21H20N2O3S/c1-23(12-13-26-17-7-3-2-4-8-17)21(25)18-9-5-6-10-19(18)22-20(24)16-11-14-27-15-16/h2-11,14-15H,12-13H2,1H3,(H,22,24). The second-order valence-corrected chi connectivity index (χ2v) is 6.68. The van der Waals surface area contributed by atoms with Crippen LogP contribution < -0.4 is 10.1 Å². The van der Waals surface area contributed by atoms with Crippen molar-refractivity contribution in [3.63, 3.8) is 0 Å². The van der Waals surface area contributed by atoms with Gasteiger partial charge in [0.15, 0.2) is 0 Å². The fourth-order valence-electron chi connectivity index (χ4n) is 2.49. The molecule has 0 fully saturated rings. The number of hydrogen-bond donors (Lipinski definition) is 1. The molecule has 0 saturated carbocycles. The van der Waals surface area contributed by atoms with Gasteiger partial charge in [0, 0.05) is 12.4 Å². The minimum atomic E-state index is -0.230. The third kappa shape index (κ3) is 4.95. The molecule has 0 aliphatic rings. The molecule has 0 radical (unpaired) electrons. The van der Waals surface area contributed by atoms with Gasteiger partial charge in [-0.3, -0.25) is 9.59 Å². The average Bonchev–Trinajstić information content (AvgIpc) is 3.23. The first-order valence-corrected chi connectivity index (χ1v) is 9.45. The highest BCUT2D eigenvalue weighted by Gasteiger charge is 2.17. The molecule has 1 N–H and O–H groups in total. The van der Waals surface area contributed by atoms with Crippen LogP contribution in [-0.2, 0) is 0 Å². The number of ether oxygens (including phenoxy) is 1. The molecule has 0 atom stereocenters. The molecule has 3 rings (SSSR count). The van der Waals surface area contributed by atoms with E-state index in [2.05, 4.69) is 5.32 Å². The number of carbonyl (C=O) groups excluding carboxylic acids is 2. The van der Waals surface area contributed by atoms with Crippen LogP contribution in [0.25, 0.3) is 0 Å². The Kier molecular flexibility index (Phi) is 6.22. The summed E-state index contributed by atoms with van der Waals surface area (Å²) in [5.41, 5.74) is 1.52. The maximum absolute atomic E-state index is 12.8. The van der Waals surface area contributed by atoms with Gasteiger partial charge in [0.2, 0.25) is 0 Å². The van der Waals surface area contributed by atoms with Gasteiger partial charge in [0.25, 0.3) is 11.8 Å². The molecule has 6 heteroatoms. The Balaban J connectivity index is 1.62. The van der Waals surface area contributed by atoms with Crippen molar-refractivity contribution in [2.24, 2.45) is 0 Å². The van der Waals surface area contributed by atoms with Crippen molar-refractivity contribution in [3.05, 3.63) is 82.6 Å². The molecular formula is C21H20N2O3S. The van der Waals surface area contributed by atoms with Crippen LogP contribution in [0.3, 0.4) is 0 Å². The van der Waals surface area contributed by atoms with E-state index < -0.39 is 0 Å². The third-order valence-electron chi connectivity index (χ3n) is 3.97. The molecule has 0 spiro atoms. The molecule has 2 amide bonds. The van der Waals surface area contributed by atoms with Crippen molar-refractivity contribution in [2.75, 3.05) is 25.5 Å². The number of rotatable bonds is 7. The van der Waals surface area contributed by atoms with Gasteiger partial charge >= 0.3 is 0 Å². The predicted molar refractivity (Wildman–Crippen MR) is 108 cm³/mol. The van der Waals surface area contributed by atoms with Crippen LogP contribution in [0.15, 0.2) is 71.4 Å². The second kappa shape index (κ2) is 9.00. The lowest BCUT2D eigenvalue weighted by molar-refractivity contribution is 0.0775. The number of thiophene rings is 1. The van der Waals surface area contributed by atoms with E-state index in [1.807, 2.05) is 35.7 Å². The lowest BCUT2D eigenvalue weighted by atomic mass is 10.1. The van der Waals surface area contributed by atoms with Crippen molar-refractivity contribution >= 4 is 28.8 Å². The molecule has 3 aromatic rings. The van der Waals surface area contributed by atoms with Gasteiger partial charge in [-0.15, -0.1) is 0 Å². The third-order valence-corrected chi connectivity index (χ3v) is 4.66. The molecule has 0 aliphatic carbocycles. The summed E-state index contributed by atoms with van der Waals surface area (Å²) in [7, 11) is 1.72. The maximum Gasteiger partial charge on any atom is 0.256 e. The van der Waals surface area contributed by atoms with Crippen LogP contribution in [0, 0.1) is 0 Å². The first-order chi connectivity index (χ1) is 13.1. The monoisotopic (exact) mass is 380 g/mol. The lowest BCUT2D eigenvalue weighted by Crippen LogP contribution is -2.31. The van der Waals surface area contributed by atoms with Gasteiger partial charge in [0.1, 0.15) is 12.4 Å². The summed E-state index contributed by atoms with van der Waals surface area (Å²) >= 11 is 1.45. The van der Waals surface area contributed by atoms with Gasteiger partial charge in [-0.05, 0) is 35.7 Å². The van der Waals surface area contributed by atoms with E-state index in [0.29, 0.717) is 30.0 Å². The van der Waals surface area contributed by atoms with Crippen LogP contribution >= 0.6 is 11.3 Å². The van der Waals surface area contributed by atoms with Crippen molar-refractivity contribution in [2.45, 2.75) is 0 Å². The van der Waals surface area contributed by atoms with Crippen molar-refractivity contribution in [3.8, 4) is 5.75 Å². The summed E-state index contributed by atoms with van der Waals surface area (Å²) in [5.74, 6) is 0.362. The van der Waals surface area contributed by atoms with E-state index in [4.69, 9.17) is 4.74 Å². The van der Waals surface area contributed by atoms with E-state index in [1.165, 1.54) is 11.3 Å². The number of para-hydroxylation sites is 2. The molecule has 1 aromatic heterocycles. The Labute approximate surface area is 162 Å². The molecular weight excluding hydrogens is 360 g/mol. The van der Waals surface area contributed by atoms with Crippen molar-refractivity contribution < 1.29 is 14.3 Å². The second-order valence-electron chi connectivity index (χ2n) is 5.90. The number of hydrogen-bond acceptors (Lipinski definition) is 4. The predicted octanol–water partition coefficient (Wildman–Crippen LogP) is 4.15. The topological polar surface area (TPSA) is 58.6 Å². The van der Waals surface area contributed by atoms with Crippen molar-refractivity contribution in [1.82, 2.24) is 4.90 Å². The molecule has 0 bridgehead atoms. The van der Waals surface area contributed by atoms with Crippen LogP contribution in [0.1, 0.15) is 20.7 Å². The molecule has 1 heterocycles. The summed E-state index contributed by atoms with van der Waals surface area (Å²) in [5, 5.41) is 6.43. The summed E-state index contributed by atoms with van der Waals surface area (Å²) in [6.45, 7) is 0.816. The van der Waals surface area contributed by atoms with Crippen LogP contribution in [-0.4, -0.2) is 36.9 Å². The van der Waals surface area contributed by atoms with E-state index in [0.717, 1.165) is 5.75 Å². The molecule has 27 heavy (non-hydrogen) atoms. The Morgan fingerprint density at radius 1 is 1.04 bits per heavy atom. The quantitative estimate of drug-likeness (QED) is 0.670. The summed E-state index contributed by atoms with van der Waals surface area (Å²) in [6.07, 6.45) is 0. The van der Waals surface area contributed by atoms with Gasteiger partial charge < -0.3 is 15.0 Å². The number of carbonyl (C=O) groups is 2. The first-order valence-electron chi connectivity index (χ1n) is 8.51. The number of amides is 2. The minimum Gasteiger partial charge on any atom is -0.492 e.